The second-order valence-corrected chi connectivity index (χ2v) is 5.98. The van der Waals surface area contributed by atoms with Gasteiger partial charge >= 0.3 is 0 Å². The molecule has 0 aromatic carbocycles. The molecule has 0 amide bonds. The van der Waals surface area contributed by atoms with Crippen LogP contribution in [0.1, 0.15) is 38.0 Å². The molecule has 1 saturated carbocycles. The Morgan fingerprint density at radius 2 is 2.00 bits per heavy atom. The van der Waals surface area contributed by atoms with E-state index in [1.54, 1.807) is 6.20 Å². The highest BCUT2D eigenvalue weighted by atomic mass is 16.5. The van der Waals surface area contributed by atoms with Gasteiger partial charge in [-0.25, -0.2) is 4.98 Å². The SMILES string of the molecule is CN(C)c1ccc(-c2noc(C3(C#N)CCCCC3)n2)cn1. The van der Waals surface area contributed by atoms with Crippen molar-refractivity contribution in [2.45, 2.75) is 37.5 Å². The van der Waals surface area contributed by atoms with E-state index in [0.29, 0.717) is 11.7 Å². The predicted octanol–water partition coefficient (Wildman–Crippen LogP) is 2.92. The molecule has 1 fully saturated rings. The molecule has 2 aromatic heterocycles. The van der Waals surface area contributed by atoms with Gasteiger partial charge in [0.25, 0.3) is 0 Å². The zero-order valence-electron chi connectivity index (χ0n) is 12.9. The fourth-order valence-corrected chi connectivity index (χ4v) is 2.85. The third kappa shape index (κ3) is 2.54. The van der Waals surface area contributed by atoms with Crippen molar-refractivity contribution >= 4 is 5.82 Å². The molecular formula is C16H19N5O. The molecule has 0 radical (unpaired) electrons. The minimum absolute atomic E-state index is 0.446. The Labute approximate surface area is 129 Å². The fourth-order valence-electron chi connectivity index (χ4n) is 2.85. The normalized spacial score (nSPS) is 17.0. The molecule has 6 nitrogen and oxygen atoms in total. The number of pyridine rings is 1. The molecule has 1 aliphatic rings. The molecule has 0 atom stereocenters. The average Bonchev–Trinajstić information content (AvgIpc) is 3.06. The minimum atomic E-state index is -0.611. The van der Waals surface area contributed by atoms with E-state index in [1.807, 2.05) is 31.1 Å². The van der Waals surface area contributed by atoms with Crippen molar-refractivity contribution in [3.05, 3.63) is 24.2 Å². The summed E-state index contributed by atoms with van der Waals surface area (Å²) in [5.74, 6) is 1.81. The predicted molar refractivity (Wildman–Crippen MR) is 82.2 cm³/mol. The van der Waals surface area contributed by atoms with Gasteiger partial charge in [0, 0.05) is 25.9 Å². The zero-order valence-corrected chi connectivity index (χ0v) is 12.9. The number of rotatable bonds is 3. The molecule has 114 valence electrons. The van der Waals surface area contributed by atoms with Gasteiger partial charge in [-0.3, -0.25) is 0 Å². The van der Waals surface area contributed by atoms with Crippen LogP contribution in [-0.2, 0) is 5.41 Å². The van der Waals surface area contributed by atoms with Crippen molar-refractivity contribution < 1.29 is 4.52 Å². The molecule has 6 heteroatoms. The van der Waals surface area contributed by atoms with Crippen LogP contribution in [0.4, 0.5) is 5.82 Å². The lowest BCUT2D eigenvalue weighted by Crippen LogP contribution is -2.27. The van der Waals surface area contributed by atoms with Gasteiger partial charge in [0.2, 0.25) is 11.7 Å². The van der Waals surface area contributed by atoms with Gasteiger partial charge in [0.15, 0.2) is 0 Å². The largest absolute Gasteiger partial charge is 0.363 e. The van der Waals surface area contributed by atoms with Crippen LogP contribution in [0.15, 0.2) is 22.9 Å². The Morgan fingerprint density at radius 1 is 1.23 bits per heavy atom. The molecule has 1 aliphatic carbocycles. The Balaban J connectivity index is 1.88. The highest BCUT2D eigenvalue weighted by Crippen LogP contribution is 2.38. The van der Waals surface area contributed by atoms with Gasteiger partial charge < -0.3 is 9.42 Å². The molecule has 0 N–H and O–H groups in total. The number of nitriles is 1. The lowest BCUT2D eigenvalue weighted by molar-refractivity contribution is 0.264. The number of aromatic nitrogens is 3. The summed E-state index contributed by atoms with van der Waals surface area (Å²) in [6, 6.07) is 6.23. The quantitative estimate of drug-likeness (QED) is 0.866. The van der Waals surface area contributed by atoms with Crippen molar-refractivity contribution in [2.24, 2.45) is 0 Å². The fraction of sp³-hybridized carbons (Fsp3) is 0.500. The van der Waals surface area contributed by atoms with E-state index >= 15 is 0 Å². The van der Waals surface area contributed by atoms with Gasteiger partial charge in [0.05, 0.1) is 6.07 Å². The number of hydrogen-bond acceptors (Lipinski definition) is 6. The Morgan fingerprint density at radius 3 is 2.59 bits per heavy atom. The van der Waals surface area contributed by atoms with Gasteiger partial charge in [-0.1, -0.05) is 24.4 Å². The van der Waals surface area contributed by atoms with Gasteiger partial charge in [-0.15, -0.1) is 0 Å². The number of hydrogen-bond donors (Lipinski definition) is 0. The van der Waals surface area contributed by atoms with Crippen molar-refractivity contribution in [3.63, 3.8) is 0 Å². The molecular weight excluding hydrogens is 278 g/mol. The second kappa shape index (κ2) is 5.76. The molecule has 0 spiro atoms. The second-order valence-electron chi connectivity index (χ2n) is 5.98. The third-order valence-electron chi connectivity index (χ3n) is 4.22. The van der Waals surface area contributed by atoms with Crippen LogP contribution in [-0.4, -0.2) is 29.2 Å². The van der Waals surface area contributed by atoms with E-state index in [4.69, 9.17) is 4.52 Å². The van der Waals surface area contributed by atoms with Crippen LogP contribution in [0.25, 0.3) is 11.4 Å². The molecule has 22 heavy (non-hydrogen) atoms. The Kier molecular flexibility index (Phi) is 3.80. The standard InChI is InChI=1S/C16H19N5O/c1-21(2)13-7-6-12(10-18-13)14-19-15(22-20-14)16(11-17)8-4-3-5-9-16/h6-7,10H,3-5,8-9H2,1-2H3. The number of anilines is 1. The van der Waals surface area contributed by atoms with Crippen LogP contribution in [0.5, 0.6) is 0 Å². The van der Waals surface area contributed by atoms with Crippen molar-refractivity contribution in [2.75, 3.05) is 19.0 Å². The van der Waals surface area contributed by atoms with Crippen LogP contribution in [0, 0.1) is 11.3 Å². The van der Waals surface area contributed by atoms with Crippen LogP contribution in [0.2, 0.25) is 0 Å². The summed E-state index contributed by atoms with van der Waals surface area (Å²) < 4.78 is 5.41. The zero-order chi connectivity index (χ0) is 15.6. The monoisotopic (exact) mass is 297 g/mol. The maximum Gasteiger partial charge on any atom is 0.247 e. The minimum Gasteiger partial charge on any atom is -0.363 e. The molecule has 0 aliphatic heterocycles. The lowest BCUT2D eigenvalue weighted by Gasteiger charge is -2.26. The lowest BCUT2D eigenvalue weighted by atomic mass is 9.75. The summed E-state index contributed by atoms with van der Waals surface area (Å²) in [5, 5.41) is 13.6. The highest BCUT2D eigenvalue weighted by Gasteiger charge is 2.39. The first-order chi connectivity index (χ1) is 10.6. The van der Waals surface area contributed by atoms with Crippen LogP contribution >= 0.6 is 0 Å². The van der Waals surface area contributed by atoms with E-state index < -0.39 is 5.41 Å². The van der Waals surface area contributed by atoms with Crippen molar-refractivity contribution in [3.8, 4) is 17.5 Å². The molecule has 0 unspecified atom stereocenters. The van der Waals surface area contributed by atoms with Gasteiger partial charge in [-0.2, -0.15) is 10.2 Å². The summed E-state index contributed by atoms with van der Waals surface area (Å²) in [6.07, 6.45) is 6.55. The third-order valence-corrected chi connectivity index (χ3v) is 4.22. The van der Waals surface area contributed by atoms with E-state index in [0.717, 1.165) is 37.1 Å². The highest BCUT2D eigenvalue weighted by molar-refractivity contribution is 5.55. The summed E-state index contributed by atoms with van der Waals surface area (Å²) in [6.45, 7) is 0. The molecule has 2 heterocycles. The van der Waals surface area contributed by atoms with Gasteiger partial charge in [-0.05, 0) is 25.0 Å². The molecule has 0 saturated heterocycles. The first-order valence-corrected chi connectivity index (χ1v) is 7.54. The summed E-state index contributed by atoms with van der Waals surface area (Å²) >= 11 is 0. The van der Waals surface area contributed by atoms with E-state index in [9.17, 15) is 5.26 Å². The smallest absolute Gasteiger partial charge is 0.247 e. The first-order valence-electron chi connectivity index (χ1n) is 7.54. The van der Waals surface area contributed by atoms with Crippen LogP contribution < -0.4 is 4.90 Å². The van der Waals surface area contributed by atoms with E-state index in [-0.39, 0.29) is 0 Å². The summed E-state index contributed by atoms with van der Waals surface area (Å²) in [7, 11) is 3.88. The first kappa shape index (κ1) is 14.5. The average molecular weight is 297 g/mol. The molecule has 2 aromatic rings. The Bertz CT molecular complexity index is 677. The summed E-state index contributed by atoms with van der Waals surface area (Å²) in [5.41, 5.74) is 0.185. The molecule has 0 bridgehead atoms. The summed E-state index contributed by atoms with van der Waals surface area (Å²) in [4.78, 5) is 10.7. The molecule has 3 rings (SSSR count). The Hall–Kier alpha value is -2.42. The van der Waals surface area contributed by atoms with Gasteiger partial charge in [0.1, 0.15) is 11.2 Å². The topological polar surface area (TPSA) is 78.8 Å². The van der Waals surface area contributed by atoms with E-state index in [2.05, 4.69) is 21.2 Å². The maximum absolute atomic E-state index is 9.58. The van der Waals surface area contributed by atoms with E-state index in [1.165, 1.54) is 6.42 Å². The number of nitrogens with zero attached hydrogens (tertiary/aromatic N) is 5. The van der Waals surface area contributed by atoms with Crippen molar-refractivity contribution in [1.82, 2.24) is 15.1 Å². The van der Waals surface area contributed by atoms with Crippen LogP contribution in [0.3, 0.4) is 0 Å². The maximum atomic E-state index is 9.58. The van der Waals surface area contributed by atoms with Crippen molar-refractivity contribution in [1.29, 1.82) is 5.26 Å².